The van der Waals surface area contributed by atoms with Gasteiger partial charge < -0.3 is 19.9 Å². The summed E-state index contributed by atoms with van der Waals surface area (Å²) in [6, 6.07) is 9.28. The first kappa shape index (κ1) is 16.3. The SMILES string of the molecule is COc1ccc(N2CCN(C)CC2)cc1NC(=O)c1ccncc1. The molecule has 0 aliphatic carbocycles. The third-order valence-electron chi connectivity index (χ3n) is 4.24. The van der Waals surface area contributed by atoms with Crippen LogP contribution >= 0.6 is 0 Å². The van der Waals surface area contributed by atoms with Crippen LogP contribution in [-0.2, 0) is 0 Å². The monoisotopic (exact) mass is 326 g/mol. The first-order valence-corrected chi connectivity index (χ1v) is 8.00. The Balaban J connectivity index is 1.81. The number of carbonyl (C=O) groups is 1. The lowest BCUT2D eigenvalue weighted by Crippen LogP contribution is -2.44. The van der Waals surface area contributed by atoms with E-state index in [4.69, 9.17) is 4.74 Å². The van der Waals surface area contributed by atoms with Crippen LogP contribution in [0.5, 0.6) is 5.75 Å². The minimum absolute atomic E-state index is 0.175. The van der Waals surface area contributed by atoms with E-state index in [1.54, 1.807) is 31.6 Å². The number of hydrogen-bond acceptors (Lipinski definition) is 5. The number of rotatable bonds is 4. The second-order valence-corrected chi connectivity index (χ2v) is 5.86. The van der Waals surface area contributed by atoms with E-state index >= 15 is 0 Å². The Morgan fingerprint density at radius 3 is 2.50 bits per heavy atom. The number of nitrogens with zero attached hydrogens (tertiary/aromatic N) is 3. The van der Waals surface area contributed by atoms with Gasteiger partial charge in [0.1, 0.15) is 5.75 Å². The average Bonchev–Trinajstić information content (AvgIpc) is 2.63. The second kappa shape index (κ2) is 7.31. The largest absolute Gasteiger partial charge is 0.495 e. The number of pyridine rings is 1. The van der Waals surface area contributed by atoms with Gasteiger partial charge in [0.25, 0.3) is 5.91 Å². The molecule has 2 heterocycles. The van der Waals surface area contributed by atoms with Crippen LogP contribution in [0, 0.1) is 0 Å². The van der Waals surface area contributed by atoms with Gasteiger partial charge in [0, 0.05) is 49.8 Å². The minimum Gasteiger partial charge on any atom is -0.495 e. The molecule has 24 heavy (non-hydrogen) atoms. The van der Waals surface area contributed by atoms with Gasteiger partial charge in [-0.05, 0) is 37.4 Å². The molecule has 1 N–H and O–H groups in total. The van der Waals surface area contributed by atoms with Gasteiger partial charge in [0.15, 0.2) is 0 Å². The van der Waals surface area contributed by atoms with Crippen molar-refractivity contribution in [2.75, 3.05) is 50.6 Å². The van der Waals surface area contributed by atoms with Gasteiger partial charge in [0.2, 0.25) is 0 Å². The average molecular weight is 326 g/mol. The van der Waals surface area contributed by atoms with Gasteiger partial charge in [-0.15, -0.1) is 0 Å². The smallest absolute Gasteiger partial charge is 0.255 e. The van der Waals surface area contributed by atoms with Crippen LogP contribution in [-0.4, -0.2) is 56.1 Å². The van der Waals surface area contributed by atoms with Crippen molar-refractivity contribution < 1.29 is 9.53 Å². The molecule has 0 radical (unpaired) electrons. The number of nitrogens with one attached hydrogen (secondary N) is 1. The summed E-state index contributed by atoms with van der Waals surface area (Å²) in [6.45, 7) is 4.01. The fraction of sp³-hybridized carbons (Fsp3) is 0.333. The molecule has 6 nitrogen and oxygen atoms in total. The fourth-order valence-corrected chi connectivity index (χ4v) is 2.75. The summed E-state index contributed by atoms with van der Waals surface area (Å²) in [5, 5.41) is 2.94. The maximum Gasteiger partial charge on any atom is 0.255 e. The molecule has 2 aromatic rings. The quantitative estimate of drug-likeness (QED) is 0.932. The Bertz CT molecular complexity index is 697. The number of benzene rings is 1. The first-order chi connectivity index (χ1) is 11.7. The summed E-state index contributed by atoms with van der Waals surface area (Å²) in [4.78, 5) is 21.0. The van der Waals surface area contributed by atoms with E-state index in [1.807, 2.05) is 18.2 Å². The molecule has 1 aromatic carbocycles. The minimum atomic E-state index is -0.175. The molecule has 1 fully saturated rings. The van der Waals surface area contributed by atoms with Gasteiger partial charge in [-0.1, -0.05) is 0 Å². The van der Waals surface area contributed by atoms with Gasteiger partial charge in [-0.25, -0.2) is 0 Å². The maximum atomic E-state index is 12.4. The third kappa shape index (κ3) is 3.65. The van der Waals surface area contributed by atoms with E-state index in [-0.39, 0.29) is 5.91 Å². The standard InChI is InChI=1S/C18H22N4O2/c1-21-9-11-22(12-10-21)15-3-4-17(24-2)16(13-15)20-18(23)14-5-7-19-8-6-14/h3-8,13H,9-12H2,1-2H3,(H,20,23). The number of likely N-dealkylation sites (N-methyl/N-ethyl adjacent to an activating group) is 1. The van der Waals surface area contributed by atoms with Crippen molar-refractivity contribution in [3.8, 4) is 5.75 Å². The van der Waals surface area contributed by atoms with E-state index < -0.39 is 0 Å². The molecule has 0 spiro atoms. The zero-order valence-electron chi connectivity index (χ0n) is 14.0. The summed E-state index contributed by atoms with van der Waals surface area (Å²) in [5.74, 6) is 0.474. The normalized spacial score (nSPS) is 15.2. The Labute approximate surface area is 142 Å². The van der Waals surface area contributed by atoms with Crippen molar-refractivity contribution in [2.45, 2.75) is 0 Å². The summed E-state index contributed by atoms with van der Waals surface area (Å²) in [6.07, 6.45) is 3.21. The lowest BCUT2D eigenvalue weighted by atomic mass is 10.2. The van der Waals surface area contributed by atoms with Crippen LogP contribution in [0.2, 0.25) is 0 Å². The first-order valence-electron chi connectivity index (χ1n) is 8.00. The molecule has 3 rings (SSSR count). The van der Waals surface area contributed by atoms with Crippen LogP contribution in [0.3, 0.4) is 0 Å². The molecule has 0 unspecified atom stereocenters. The summed E-state index contributed by atoms with van der Waals surface area (Å²) in [5.41, 5.74) is 2.33. The highest BCUT2D eigenvalue weighted by Gasteiger charge is 2.17. The molecule has 1 aromatic heterocycles. The van der Waals surface area contributed by atoms with E-state index in [0.29, 0.717) is 17.0 Å². The number of anilines is 2. The molecule has 0 atom stereocenters. The summed E-state index contributed by atoms with van der Waals surface area (Å²) < 4.78 is 5.39. The number of ether oxygens (including phenoxy) is 1. The van der Waals surface area contributed by atoms with Crippen molar-refractivity contribution in [2.24, 2.45) is 0 Å². The van der Waals surface area contributed by atoms with Crippen LogP contribution in [0.15, 0.2) is 42.7 Å². The Hall–Kier alpha value is -2.60. The second-order valence-electron chi connectivity index (χ2n) is 5.86. The van der Waals surface area contributed by atoms with Gasteiger partial charge in [-0.2, -0.15) is 0 Å². The maximum absolute atomic E-state index is 12.4. The number of hydrogen-bond donors (Lipinski definition) is 1. The lowest BCUT2D eigenvalue weighted by molar-refractivity contribution is 0.102. The number of carbonyl (C=O) groups excluding carboxylic acids is 1. The van der Waals surface area contributed by atoms with Crippen molar-refractivity contribution in [3.63, 3.8) is 0 Å². The third-order valence-corrected chi connectivity index (χ3v) is 4.24. The molecule has 126 valence electrons. The number of methoxy groups -OCH3 is 1. The van der Waals surface area contributed by atoms with Gasteiger partial charge in [-0.3, -0.25) is 9.78 Å². The van der Waals surface area contributed by atoms with Crippen LogP contribution in [0.4, 0.5) is 11.4 Å². The zero-order valence-corrected chi connectivity index (χ0v) is 14.0. The van der Waals surface area contributed by atoms with Crippen LogP contribution in [0.25, 0.3) is 0 Å². The lowest BCUT2D eigenvalue weighted by Gasteiger charge is -2.34. The highest BCUT2D eigenvalue weighted by atomic mass is 16.5. The summed E-state index contributed by atoms with van der Waals surface area (Å²) >= 11 is 0. The van der Waals surface area contributed by atoms with Gasteiger partial charge >= 0.3 is 0 Å². The molecule has 0 bridgehead atoms. The number of amides is 1. The molecule has 0 saturated carbocycles. The van der Waals surface area contributed by atoms with Gasteiger partial charge in [0.05, 0.1) is 12.8 Å². The fourth-order valence-electron chi connectivity index (χ4n) is 2.75. The molecule has 1 saturated heterocycles. The van der Waals surface area contributed by atoms with E-state index in [2.05, 4.69) is 27.1 Å². The topological polar surface area (TPSA) is 57.7 Å². The van der Waals surface area contributed by atoms with Crippen molar-refractivity contribution in [3.05, 3.63) is 48.3 Å². The van der Waals surface area contributed by atoms with Crippen LogP contribution < -0.4 is 15.0 Å². The highest BCUT2D eigenvalue weighted by Crippen LogP contribution is 2.30. The number of piperazine rings is 1. The Morgan fingerprint density at radius 1 is 1.12 bits per heavy atom. The van der Waals surface area contributed by atoms with Crippen molar-refractivity contribution >= 4 is 17.3 Å². The highest BCUT2D eigenvalue weighted by molar-refractivity contribution is 6.05. The number of aromatic nitrogens is 1. The van der Waals surface area contributed by atoms with E-state index in [1.165, 1.54) is 0 Å². The predicted octanol–water partition coefficient (Wildman–Crippen LogP) is 2.09. The molecular formula is C18H22N4O2. The van der Waals surface area contributed by atoms with E-state index in [9.17, 15) is 4.79 Å². The molecule has 1 amide bonds. The van der Waals surface area contributed by atoms with Crippen molar-refractivity contribution in [1.29, 1.82) is 0 Å². The predicted molar refractivity (Wildman–Crippen MR) is 94.9 cm³/mol. The Morgan fingerprint density at radius 2 is 1.83 bits per heavy atom. The zero-order chi connectivity index (χ0) is 16.9. The summed E-state index contributed by atoms with van der Waals surface area (Å²) in [7, 11) is 3.73. The molecule has 6 heteroatoms. The molecular weight excluding hydrogens is 304 g/mol. The van der Waals surface area contributed by atoms with Crippen molar-refractivity contribution in [1.82, 2.24) is 9.88 Å². The molecule has 1 aliphatic heterocycles. The molecule has 1 aliphatic rings. The van der Waals surface area contributed by atoms with Crippen LogP contribution in [0.1, 0.15) is 10.4 Å². The van der Waals surface area contributed by atoms with E-state index in [0.717, 1.165) is 31.9 Å². The Kier molecular flexibility index (Phi) is 4.96.